The molecule has 89 heavy (non-hydrogen) atoms. The Morgan fingerprint density at radius 3 is 1.96 bits per heavy atom. The highest BCUT2D eigenvalue weighted by atomic mass is 16.4. The molecule has 0 bridgehead atoms. The van der Waals surface area contributed by atoms with Crippen molar-refractivity contribution in [2.45, 2.75) is 120 Å². The summed E-state index contributed by atoms with van der Waals surface area (Å²) >= 11 is 0. The van der Waals surface area contributed by atoms with Gasteiger partial charge in [-0.25, -0.2) is 0 Å². The van der Waals surface area contributed by atoms with Crippen LogP contribution in [0.25, 0.3) is 21.5 Å². The van der Waals surface area contributed by atoms with Gasteiger partial charge in [0.1, 0.15) is 30.6 Å². The van der Waals surface area contributed by atoms with Crippen LogP contribution in [0.5, 0.6) is 0 Å². The maximum Gasteiger partial charge on any atom is 0.309 e. The lowest BCUT2D eigenvalue weighted by Crippen LogP contribution is -2.58. The topological polar surface area (TPSA) is 320 Å². The number of unbranched alkanes of at least 4 members (excludes halogenated alkanes) is 1. The molecule has 8 rings (SSSR count). The smallest absolute Gasteiger partial charge is 0.309 e. The molecule has 4 atom stereocenters. The second kappa shape index (κ2) is 29.7. The number of carbonyl (C=O) groups excluding carboxylic acids is 6. The summed E-state index contributed by atoms with van der Waals surface area (Å²) in [5, 5.41) is 39.7. The molecule has 0 unspecified atom stereocenters. The lowest BCUT2D eigenvalue weighted by Gasteiger charge is -2.27. The summed E-state index contributed by atoms with van der Waals surface area (Å²) in [6.45, 7) is 9.11. The first kappa shape index (κ1) is 65.1. The summed E-state index contributed by atoms with van der Waals surface area (Å²) in [5.41, 5.74) is 17.1. The third-order valence-electron chi connectivity index (χ3n) is 16.4. The van der Waals surface area contributed by atoms with Crippen LogP contribution in [0.2, 0.25) is 0 Å². The number of carbonyl (C=O) groups is 8. The highest BCUT2D eigenvalue weighted by Crippen LogP contribution is 2.51. The number of rotatable bonds is 23. The highest BCUT2D eigenvalue weighted by Gasteiger charge is 2.46. The molecule has 21 heteroatoms. The predicted molar refractivity (Wildman–Crippen MR) is 343 cm³/mol. The number of nitrogens with two attached hydrogens (primary N) is 2. The van der Waals surface area contributed by atoms with Crippen LogP contribution in [-0.2, 0) is 55.6 Å². The monoisotopic (exact) mass is 1210 g/mol. The lowest BCUT2D eigenvalue weighted by molar-refractivity contribution is -0.436. The normalized spacial score (nSPS) is 20.0. The van der Waals surface area contributed by atoms with E-state index in [9.17, 15) is 48.6 Å². The molecule has 1 saturated heterocycles. The van der Waals surface area contributed by atoms with Crippen LogP contribution in [0.15, 0.2) is 156 Å². The molecule has 0 radical (unpaired) electrons. The number of carboxylic acids is 2. The van der Waals surface area contributed by atoms with Crippen molar-refractivity contribution in [2.24, 2.45) is 16.5 Å². The fourth-order valence-corrected chi connectivity index (χ4v) is 12.1. The molecule has 3 heterocycles. The number of aliphatic imine (C=N–C) groups is 1. The number of nitrogens with zero attached hydrogens (tertiary/aromatic N) is 3. The fourth-order valence-electron chi connectivity index (χ4n) is 12.1. The van der Waals surface area contributed by atoms with Crippen molar-refractivity contribution in [3.8, 4) is 0 Å². The standard InChI is InChI=1S/C68H79N11O10/c1-67(2)54(28-11-6-5-7-12-29-55-68(3,4)61-47-25-16-14-23-45(47)31-33-53(61)79(55)39-35-58(82)83)78(52-32-30-44-22-13-15-24-46(44)60(52)67)38-34-56(80)71-36-18-17-26-49-63(87)75-48(27-19-37-72-66(69)70)62(86)73-42-57(81)74-51(41-59(84)85)65(89)77-50(64(88)76-49)40-43-20-9-8-10-21-43/h5-16,20-25,28-33,48-51H,17-19,26-27,34-42H2,1-4H3,(H11-,69,70,71,72,73,74,75,76,77,80,81,82,83,84,85,86,87,88,89)/p+1/t48-,49-,50+,51-/m0/s1. The zero-order chi connectivity index (χ0) is 63.8. The Morgan fingerprint density at radius 2 is 1.26 bits per heavy atom. The van der Waals surface area contributed by atoms with Gasteiger partial charge < -0.3 is 58.5 Å². The zero-order valence-corrected chi connectivity index (χ0v) is 50.7. The van der Waals surface area contributed by atoms with Crippen molar-refractivity contribution in [3.05, 3.63) is 168 Å². The summed E-state index contributed by atoms with van der Waals surface area (Å²) in [7, 11) is 0. The van der Waals surface area contributed by atoms with Gasteiger partial charge in [-0.2, -0.15) is 4.58 Å². The Kier molecular flexibility index (Phi) is 21.7. The molecule has 1 fully saturated rings. The second-order valence-electron chi connectivity index (χ2n) is 23.5. The minimum atomic E-state index is -1.62. The lowest BCUT2D eigenvalue weighted by atomic mass is 9.79. The quantitative estimate of drug-likeness (QED) is 0.0123. The number of carboxylic acid groups (broad SMARTS) is 2. The van der Waals surface area contributed by atoms with Crippen molar-refractivity contribution in [3.63, 3.8) is 0 Å². The van der Waals surface area contributed by atoms with Crippen LogP contribution < -0.4 is 48.3 Å². The third kappa shape index (κ3) is 16.4. The van der Waals surface area contributed by atoms with E-state index in [1.54, 1.807) is 30.3 Å². The van der Waals surface area contributed by atoms with E-state index in [0.29, 0.717) is 31.5 Å². The van der Waals surface area contributed by atoms with Gasteiger partial charge in [0.05, 0.1) is 18.4 Å². The fraction of sp³-hybridized carbons (Fsp3) is 0.353. The first-order valence-corrected chi connectivity index (χ1v) is 30.1. The number of guanidine groups is 1. The number of amides is 6. The molecule has 3 aliphatic rings. The van der Waals surface area contributed by atoms with E-state index in [1.807, 2.05) is 54.6 Å². The van der Waals surface area contributed by atoms with Crippen molar-refractivity contribution in [1.29, 1.82) is 0 Å². The van der Waals surface area contributed by atoms with Gasteiger partial charge in [0, 0.05) is 67.0 Å². The molecule has 3 aliphatic heterocycles. The maximum absolute atomic E-state index is 14.3. The Balaban J connectivity index is 0.952. The van der Waals surface area contributed by atoms with E-state index >= 15 is 0 Å². The Bertz CT molecular complexity index is 3690. The number of hydrogen-bond donors (Lipinski definition) is 10. The molecule has 5 aromatic rings. The van der Waals surface area contributed by atoms with Gasteiger partial charge >= 0.3 is 11.9 Å². The summed E-state index contributed by atoms with van der Waals surface area (Å²) in [6.07, 6.45) is 14.2. The minimum Gasteiger partial charge on any atom is -0.481 e. The molecule has 0 aliphatic carbocycles. The number of nitrogens with one attached hydrogen (secondary N) is 6. The molecule has 5 aromatic carbocycles. The van der Waals surface area contributed by atoms with E-state index in [0.717, 1.165) is 49.9 Å². The third-order valence-corrected chi connectivity index (χ3v) is 16.4. The van der Waals surface area contributed by atoms with Gasteiger partial charge in [-0.15, -0.1) is 0 Å². The van der Waals surface area contributed by atoms with E-state index in [4.69, 9.17) is 11.5 Å². The Labute approximate surface area is 517 Å². The number of hydrogen-bond acceptors (Lipinski definition) is 10. The summed E-state index contributed by atoms with van der Waals surface area (Å²) in [5.74, 6) is -6.76. The number of benzene rings is 5. The maximum atomic E-state index is 14.3. The van der Waals surface area contributed by atoms with Gasteiger partial charge in [0.2, 0.25) is 41.1 Å². The van der Waals surface area contributed by atoms with Gasteiger partial charge in [-0.1, -0.05) is 129 Å². The number of aliphatic carboxylic acids is 2. The summed E-state index contributed by atoms with van der Waals surface area (Å²) in [4.78, 5) is 112. The Morgan fingerprint density at radius 1 is 0.652 bits per heavy atom. The van der Waals surface area contributed by atoms with Crippen molar-refractivity contribution in [1.82, 2.24) is 31.9 Å². The molecule has 0 spiro atoms. The largest absolute Gasteiger partial charge is 0.481 e. The highest BCUT2D eigenvalue weighted by molar-refractivity contribution is 6.08. The molecular weight excluding hydrogens is 1130 g/mol. The van der Waals surface area contributed by atoms with E-state index in [2.05, 4.69) is 135 Å². The van der Waals surface area contributed by atoms with Crippen LogP contribution in [0.4, 0.5) is 11.4 Å². The average Bonchev–Trinajstić information content (AvgIpc) is 1.62. The van der Waals surface area contributed by atoms with Crippen LogP contribution in [0, 0.1) is 0 Å². The summed E-state index contributed by atoms with van der Waals surface area (Å²) in [6, 6.07) is 28.2. The van der Waals surface area contributed by atoms with E-state index in [-0.39, 0.29) is 63.5 Å². The average molecular weight is 1210 g/mol. The first-order chi connectivity index (χ1) is 42.6. The van der Waals surface area contributed by atoms with E-state index in [1.165, 1.54) is 5.56 Å². The minimum absolute atomic E-state index is 0.00773. The molecule has 21 nitrogen and oxygen atoms in total. The van der Waals surface area contributed by atoms with E-state index < -0.39 is 89.4 Å². The van der Waals surface area contributed by atoms with Crippen LogP contribution in [0.3, 0.4) is 0 Å². The zero-order valence-electron chi connectivity index (χ0n) is 50.7. The van der Waals surface area contributed by atoms with Crippen LogP contribution >= 0.6 is 0 Å². The van der Waals surface area contributed by atoms with Crippen LogP contribution in [0.1, 0.15) is 95.8 Å². The number of anilines is 1. The van der Waals surface area contributed by atoms with Gasteiger partial charge in [0.25, 0.3) is 0 Å². The molecule has 0 saturated carbocycles. The van der Waals surface area contributed by atoms with Gasteiger partial charge in [0.15, 0.2) is 18.2 Å². The molecule has 12 N–H and O–H groups in total. The second-order valence-corrected chi connectivity index (χ2v) is 23.5. The van der Waals surface area contributed by atoms with Gasteiger partial charge in [-0.05, 0) is 96.8 Å². The Hall–Kier alpha value is -9.92. The van der Waals surface area contributed by atoms with Crippen molar-refractivity contribution < 1.29 is 53.1 Å². The van der Waals surface area contributed by atoms with Crippen LogP contribution in [-0.4, -0.2) is 131 Å². The summed E-state index contributed by atoms with van der Waals surface area (Å²) < 4.78 is 2.12. The molecular formula is C68H80N11O10+. The van der Waals surface area contributed by atoms with Crippen molar-refractivity contribution >= 4 is 92.0 Å². The SMILES string of the molecule is CC1(C)C(/C=C/C=C/C=C/C=C2/N(CCC(=O)NCCCC[C@@H]3NC(=O)[C@@H](Cc4ccccc4)NC(=O)[C@H](CC(=O)O)NC(=O)CNC(=O)[C@H](CCCN=C(N)N)NC3=O)c3ccc4ccccc4c3C2(C)C)=[N+](CCC(=O)O)c2ccc3ccccc3c21. The predicted octanol–water partition coefficient (Wildman–Crippen LogP) is 5.71. The number of fused-ring (bicyclic) bond motifs is 6. The van der Waals surface area contributed by atoms with Gasteiger partial charge in [-0.3, -0.25) is 43.3 Å². The first-order valence-electron chi connectivity index (χ1n) is 30.1. The molecule has 0 aromatic heterocycles. The number of allylic oxidation sites excluding steroid dienone is 8. The van der Waals surface area contributed by atoms with Crippen molar-refractivity contribution in [2.75, 3.05) is 37.6 Å². The molecule has 466 valence electrons. The molecule has 6 amide bonds.